The van der Waals surface area contributed by atoms with Crippen LogP contribution in [0.5, 0.6) is 0 Å². The van der Waals surface area contributed by atoms with Crippen LogP contribution in [0, 0.1) is 11.7 Å². The fourth-order valence-corrected chi connectivity index (χ4v) is 4.90. The molecule has 1 saturated heterocycles. The van der Waals surface area contributed by atoms with Crippen molar-refractivity contribution < 1.29 is 22.3 Å². The third-order valence-corrected chi connectivity index (χ3v) is 6.86. The molecular formula is C22H27FN2O4S. The molecule has 1 aliphatic rings. The zero-order chi connectivity index (χ0) is 21.7. The molecule has 0 aliphatic carbocycles. The van der Waals surface area contributed by atoms with Crippen molar-refractivity contribution in [1.29, 1.82) is 0 Å². The molecule has 1 amide bonds. The SMILES string of the molecule is CC(C)OCc1cccc(NC(=O)C2CCCN(S(=O)(=O)c3ccc(F)cc3)C2)c1. The quantitative estimate of drug-likeness (QED) is 0.719. The monoisotopic (exact) mass is 434 g/mol. The van der Waals surface area contributed by atoms with Crippen LogP contribution in [0.1, 0.15) is 32.3 Å². The number of sulfonamides is 1. The van der Waals surface area contributed by atoms with Gasteiger partial charge in [-0.3, -0.25) is 4.79 Å². The molecule has 6 nitrogen and oxygen atoms in total. The largest absolute Gasteiger partial charge is 0.374 e. The first-order chi connectivity index (χ1) is 14.3. The molecule has 8 heteroatoms. The normalized spacial score (nSPS) is 17.8. The zero-order valence-corrected chi connectivity index (χ0v) is 18.0. The maximum Gasteiger partial charge on any atom is 0.243 e. The number of piperidine rings is 1. The summed E-state index contributed by atoms with van der Waals surface area (Å²) in [4.78, 5) is 12.8. The topological polar surface area (TPSA) is 75.7 Å². The summed E-state index contributed by atoms with van der Waals surface area (Å²) in [6.45, 7) is 4.81. The summed E-state index contributed by atoms with van der Waals surface area (Å²) in [6, 6.07) is 12.2. The standard InChI is InChI=1S/C22H27FN2O4S/c1-16(2)29-15-17-5-3-7-20(13-17)24-22(26)18-6-4-12-25(14-18)30(27,28)21-10-8-19(23)9-11-21/h3,5,7-11,13,16,18H,4,6,12,14-15H2,1-2H3,(H,24,26). The Kier molecular flexibility index (Phi) is 7.23. The highest BCUT2D eigenvalue weighted by Crippen LogP contribution is 2.25. The number of halogens is 1. The molecule has 1 heterocycles. The summed E-state index contributed by atoms with van der Waals surface area (Å²) < 4.78 is 45.7. The second-order valence-electron chi connectivity index (χ2n) is 7.71. The Labute approximate surface area is 177 Å². The molecule has 0 bridgehead atoms. The van der Waals surface area contributed by atoms with Crippen molar-refractivity contribution in [2.75, 3.05) is 18.4 Å². The highest BCUT2D eigenvalue weighted by Gasteiger charge is 2.33. The van der Waals surface area contributed by atoms with E-state index in [4.69, 9.17) is 4.74 Å². The summed E-state index contributed by atoms with van der Waals surface area (Å²) in [5.41, 5.74) is 1.61. The van der Waals surface area contributed by atoms with Crippen LogP contribution in [0.2, 0.25) is 0 Å². The molecule has 0 saturated carbocycles. The number of carbonyl (C=O) groups is 1. The number of benzene rings is 2. The van der Waals surface area contributed by atoms with Gasteiger partial charge in [-0.2, -0.15) is 4.31 Å². The van der Waals surface area contributed by atoms with E-state index in [-0.39, 0.29) is 23.5 Å². The number of amides is 1. The third-order valence-electron chi connectivity index (χ3n) is 4.98. The van der Waals surface area contributed by atoms with Crippen molar-refractivity contribution >= 4 is 21.6 Å². The van der Waals surface area contributed by atoms with Gasteiger partial charge in [0, 0.05) is 18.8 Å². The van der Waals surface area contributed by atoms with E-state index in [2.05, 4.69) is 5.32 Å². The van der Waals surface area contributed by atoms with Crippen LogP contribution in [0.3, 0.4) is 0 Å². The van der Waals surface area contributed by atoms with Gasteiger partial charge >= 0.3 is 0 Å². The summed E-state index contributed by atoms with van der Waals surface area (Å²) in [7, 11) is -3.77. The van der Waals surface area contributed by atoms with Crippen molar-refractivity contribution in [2.45, 2.75) is 44.3 Å². The second-order valence-corrected chi connectivity index (χ2v) is 9.64. The number of hydrogen-bond donors (Lipinski definition) is 1. The van der Waals surface area contributed by atoms with Crippen LogP contribution >= 0.6 is 0 Å². The second kappa shape index (κ2) is 9.68. The molecule has 1 N–H and O–H groups in total. The summed E-state index contributed by atoms with van der Waals surface area (Å²) >= 11 is 0. The predicted octanol–water partition coefficient (Wildman–Crippen LogP) is 3.79. The lowest BCUT2D eigenvalue weighted by Gasteiger charge is -2.31. The molecule has 3 rings (SSSR count). The number of ether oxygens (including phenoxy) is 1. The maximum atomic E-state index is 13.1. The van der Waals surface area contributed by atoms with E-state index in [1.165, 1.54) is 16.4 Å². The molecule has 1 aliphatic heterocycles. The molecule has 0 aromatic heterocycles. The molecule has 0 spiro atoms. The van der Waals surface area contributed by atoms with E-state index >= 15 is 0 Å². The summed E-state index contributed by atoms with van der Waals surface area (Å²) in [6.07, 6.45) is 1.30. The van der Waals surface area contributed by atoms with Gasteiger partial charge in [0.05, 0.1) is 23.5 Å². The van der Waals surface area contributed by atoms with Gasteiger partial charge in [0.15, 0.2) is 0 Å². The predicted molar refractivity (Wildman–Crippen MR) is 113 cm³/mol. The molecule has 1 atom stereocenters. The van der Waals surface area contributed by atoms with Crippen molar-refractivity contribution in [1.82, 2.24) is 4.31 Å². The van der Waals surface area contributed by atoms with Gasteiger partial charge in [-0.1, -0.05) is 12.1 Å². The molecule has 0 radical (unpaired) electrons. The van der Waals surface area contributed by atoms with E-state index in [0.29, 0.717) is 31.7 Å². The first-order valence-corrected chi connectivity index (χ1v) is 11.5. The minimum absolute atomic E-state index is 0.0304. The van der Waals surface area contributed by atoms with E-state index in [9.17, 15) is 17.6 Å². The minimum Gasteiger partial charge on any atom is -0.374 e. The van der Waals surface area contributed by atoms with Crippen LogP contribution in [0.25, 0.3) is 0 Å². The highest BCUT2D eigenvalue weighted by atomic mass is 32.2. The van der Waals surface area contributed by atoms with Gasteiger partial charge in [-0.15, -0.1) is 0 Å². The molecule has 30 heavy (non-hydrogen) atoms. The fourth-order valence-electron chi connectivity index (χ4n) is 3.38. The Morgan fingerprint density at radius 3 is 2.67 bits per heavy atom. The maximum absolute atomic E-state index is 13.1. The molecule has 2 aromatic rings. The lowest BCUT2D eigenvalue weighted by atomic mass is 9.98. The lowest BCUT2D eigenvalue weighted by molar-refractivity contribution is -0.120. The van der Waals surface area contributed by atoms with E-state index in [0.717, 1.165) is 17.7 Å². The first-order valence-electron chi connectivity index (χ1n) is 10.0. The van der Waals surface area contributed by atoms with Crippen LogP contribution < -0.4 is 5.32 Å². The molecule has 1 unspecified atom stereocenters. The number of nitrogens with one attached hydrogen (secondary N) is 1. The summed E-state index contributed by atoms with van der Waals surface area (Å²) in [5, 5.41) is 2.89. The Bertz CT molecular complexity index is 977. The van der Waals surface area contributed by atoms with Gasteiger partial charge in [0.2, 0.25) is 15.9 Å². The minimum atomic E-state index is -3.77. The van der Waals surface area contributed by atoms with E-state index < -0.39 is 21.8 Å². The molecule has 162 valence electrons. The van der Waals surface area contributed by atoms with Crippen molar-refractivity contribution in [2.24, 2.45) is 5.92 Å². The molecular weight excluding hydrogens is 407 g/mol. The van der Waals surface area contributed by atoms with E-state index in [1.807, 2.05) is 32.0 Å². The summed E-state index contributed by atoms with van der Waals surface area (Å²) in [5.74, 6) is -1.16. The number of hydrogen-bond acceptors (Lipinski definition) is 4. The number of rotatable bonds is 7. The number of anilines is 1. The highest BCUT2D eigenvalue weighted by molar-refractivity contribution is 7.89. The van der Waals surface area contributed by atoms with Crippen LogP contribution in [-0.2, 0) is 26.2 Å². The van der Waals surface area contributed by atoms with Gasteiger partial charge in [-0.25, -0.2) is 12.8 Å². The lowest BCUT2D eigenvalue weighted by Crippen LogP contribution is -2.43. The van der Waals surface area contributed by atoms with Gasteiger partial charge in [0.1, 0.15) is 5.82 Å². The zero-order valence-electron chi connectivity index (χ0n) is 17.2. The fraction of sp³-hybridized carbons (Fsp3) is 0.409. The Morgan fingerprint density at radius 2 is 1.97 bits per heavy atom. The van der Waals surface area contributed by atoms with Crippen molar-refractivity contribution in [3.63, 3.8) is 0 Å². The average molecular weight is 435 g/mol. The smallest absolute Gasteiger partial charge is 0.243 e. The Morgan fingerprint density at radius 1 is 1.23 bits per heavy atom. The first kappa shape index (κ1) is 22.4. The van der Waals surface area contributed by atoms with E-state index in [1.54, 1.807) is 6.07 Å². The van der Waals surface area contributed by atoms with Crippen LogP contribution in [-0.4, -0.2) is 37.8 Å². The Hall–Kier alpha value is -2.29. The molecule has 2 aromatic carbocycles. The van der Waals surface area contributed by atoms with Gasteiger partial charge in [0.25, 0.3) is 0 Å². The van der Waals surface area contributed by atoms with Crippen LogP contribution in [0.4, 0.5) is 10.1 Å². The number of nitrogens with zero attached hydrogens (tertiary/aromatic N) is 1. The van der Waals surface area contributed by atoms with Gasteiger partial charge in [-0.05, 0) is 68.7 Å². The van der Waals surface area contributed by atoms with Gasteiger partial charge < -0.3 is 10.1 Å². The van der Waals surface area contributed by atoms with Crippen molar-refractivity contribution in [3.8, 4) is 0 Å². The molecule has 1 fully saturated rings. The third kappa shape index (κ3) is 5.65. The van der Waals surface area contributed by atoms with Crippen molar-refractivity contribution in [3.05, 3.63) is 59.9 Å². The Balaban J connectivity index is 1.66. The van der Waals surface area contributed by atoms with Crippen LogP contribution in [0.15, 0.2) is 53.4 Å². The average Bonchev–Trinajstić information content (AvgIpc) is 2.73. The number of carbonyl (C=O) groups excluding carboxylic acids is 1.